The number of aromatic nitrogens is 2. The van der Waals surface area contributed by atoms with Crippen LogP contribution in [-0.4, -0.2) is 44.4 Å². The second-order valence-corrected chi connectivity index (χ2v) is 10.0. The molecular weight excluding hydrogens is 586 g/mol. The van der Waals surface area contributed by atoms with Gasteiger partial charge in [0, 0.05) is 0 Å². The van der Waals surface area contributed by atoms with Crippen LogP contribution in [0.1, 0.15) is 22.0 Å². The molecule has 1 aliphatic heterocycles. The molecule has 0 bridgehead atoms. The lowest BCUT2D eigenvalue weighted by atomic mass is 9.95. The minimum atomic E-state index is -0.975. The number of alkyl halides is 1. The number of ether oxygens (including phenoxy) is 1. The first kappa shape index (κ1) is 25.8. The summed E-state index contributed by atoms with van der Waals surface area (Å²) in [6.07, 6.45) is 0. The normalized spacial score (nSPS) is 17.1. The van der Waals surface area contributed by atoms with Crippen LogP contribution in [0.25, 0.3) is 22.4 Å². The van der Waals surface area contributed by atoms with Crippen molar-refractivity contribution in [2.45, 2.75) is 11.4 Å². The molecular formula is C24H15Cl5N4O4. The number of phenolic OH excluding ortho intramolecular Hbond substituents is 1. The number of imidazole rings is 1. The van der Waals surface area contributed by atoms with Crippen LogP contribution in [0, 0.1) is 0 Å². The molecule has 2 amide bonds. The van der Waals surface area contributed by atoms with Crippen LogP contribution >= 0.6 is 58.0 Å². The van der Waals surface area contributed by atoms with Crippen LogP contribution in [0.5, 0.6) is 11.5 Å². The number of hydrogen-bond acceptors (Lipinski definition) is 5. The number of nitrogens with one attached hydrogen (secondary N) is 2. The van der Waals surface area contributed by atoms with Gasteiger partial charge in [-0.05, 0) is 29.8 Å². The third-order valence-electron chi connectivity index (χ3n) is 5.92. The summed E-state index contributed by atoms with van der Waals surface area (Å²) in [5, 5.41) is 9.57. The van der Waals surface area contributed by atoms with Gasteiger partial charge < -0.3 is 14.8 Å². The van der Waals surface area contributed by atoms with Gasteiger partial charge in [0.15, 0.2) is 11.5 Å². The van der Waals surface area contributed by atoms with Crippen molar-refractivity contribution in [2.75, 3.05) is 7.11 Å². The van der Waals surface area contributed by atoms with E-state index < -0.39 is 23.2 Å². The second kappa shape index (κ2) is 9.78. The van der Waals surface area contributed by atoms with Gasteiger partial charge >= 0.3 is 0 Å². The molecule has 8 nitrogen and oxygen atoms in total. The molecule has 1 aromatic heterocycles. The van der Waals surface area contributed by atoms with Crippen LogP contribution in [0.3, 0.4) is 0 Å². The van der Waals surface area contributed by atoms with Gasteiger partial charge in [-0.15, -0.1) is 11.6 Å². The Hall–Kier alpha value is -2.88. The molecule has 5 rings (SSSR count). The molecule has 1 saturated heterocycles. The molecule has 1 aliphatic rings. The number of H-pyrrole nitrogens is 1. The van der Waals surface area contributed by atoms with E-state index in [0.29, 0.717) is 16.6 Å². The van der Waals surface area contributed by atoms with E-state index in [2.05, 4.69) is 15.4 Å². The maximum absolute atomic E-state index is 13.6. The summed E-state index contributed by atoms with van der Waals surface area (Å²) in [5.74, 6) is -1.04. The Balaban J connectivity index is 1.57. The smallest absolute Gasteiger partial charge is 0.272 e. The maximum Gasteiger partial charge on any atom is 0.272 e. The summed E-state index contributed by atoms with van der Waals surface area (Å²) in [7, 11) is 1.39. The minimum Gasteiger partial charge on any atom is -0.504 e. The largest absolute Gasteiger partial charge is 0.504 e. The first-order valence-electron chi connectivity index (χ1n) is 10.6. The van der Waals surface area contributed by atoms with Gasteiger partial charge in [0.25, 0.3) is 11.8 Å². The van der Waals surface area contributed by atoms with Crippen LogP contribution in [0.15, 0.2) is 42.5 Å². The number of para-hydroxylation sites is 2. The molecule has 4 aromatic rings. The van der Waals surface area contributed by atoms with Crippen molar-refractivity contribution in [1.29, 1.82) is 0 Å². The monoisotopic (exact) mass is 598 g/mol. The number of rotatable bonds is 5. The van der Waals surface area contributed by atoms with Crippen LogP contribution in [-0.2, 0) is 4.79 Å². The van der Waals surface area contributed by atoms with Gasteiger partial charge in [0.1, 0.15) is 17.2 Å². The van der Waals surface area contributed by atoms with E-state index in [1.54, 1.807) is 24.3 Å². The van der Waals surface area contributed by atoms with Gasteiger partial charge in [0.05, 0.1) is 49.4 Å². The Kier molecular flexibility index (Phi) is 6.81. The quantitative estimate of drug-likeness (QED) is 0.106. The number of β-lactam (4-membered cyclic amide) rings is 1. The fraction of sp³-hybridized carbons (Fsp3) is 0.125. The molecule has 37 heavy (non-hydrogen) atoms. The maximum atomic E-state index is 13.6. The zero-order valence-electron chi connectivity index (χ0n) is 18.7. The Morgan fingerprint density at radius 3 is 2.49 bits per heavy atom. The highest BCUT2D eigenvalue weighted by Crippen LogP contribution is 2.46. The zero-order chi connectivity index (χ0) is 26.6. The van der Waals surface area contributed by atoms with Crippen molar-refractivity contribution < 1.29 is 19.4 Å². The van der Waals surface area contributed by atoms with E-state index in [1.807, 2.05) is 6.07 Å². The highest BCUT2D eigenvalue weighted by Gasteiger charge is 2.49. The van der Waals surface area contributed by atoms with E-state index in [4.69, 9.17) is 62.7 Å². The van der Waals surface area contributed by atoms with E-state index >= 15 is 0 Å². The van der Waals surface area contributed by atoms with Crippen molar-refractivity contribution in [3.8, 4) is 22.9 Å². The van der Waals surface area contributed by atoms with Crippen molar-refractivity contribution in [3.05, 3.63) is 73.7 Å². The molecule has 0 aliphatic carbocycles. The average molecular weight is 601 g/mol. The average Bonchev–Trinajstić information content (AvgIpc) is 3.33. The molecule has 3 N–H and O–H groups in total. The number of nitrogens with zero attached hydrogens (tertiary/aromatic N) is 2. The summed E-state index contributed by atoms with van der Waals surface area (Å²) >= 11 is 31.9. The molecule has 190 valence electrons. The van der Waals surface area contributed by atoms with Crippen LogP contribution in [0.2, 0.25) is 20.1 Å². The van der Waals surface area contributed by atoms with Crippen molar-refractivity contribution >= 4 is 80.9 Å². The minimum absolute atomic E-state index is 0.0507. The number of amides is 2. The first-order chi connectivity index (χ1) is 17.6. The zero-order valence-corrected chi connectivity index (χ0v) is 22.4. The van der Waals surface area contributed by atoms with Gasteiger partial charge in [-0.2, -0.15) is 0 Å². The first-order valence-corrected chi connectivity index (χ1v) is 12.5. The van der Waals surface area contributed by atoms with Crippen molar-refractivity contribution in [2.24, 2.45) is 0 Å². The number of benzene rings is 3. The predicted molar refractivity (Wildman–Crippen MR) is 143 cm³/mol. The number of aromatic hydroxyl groups is 1. The standard InChI is InChI=1S/C24H15Cl5N4O4/c1-37-13-8-9(6-7-12(13)34)21-20(29)24(36)33(21)32-23(35)15-14(16(25)18(27)19(28)17(15)26)22-30-10-4-2-3-5-11(10)31-22/h2-8,20-21,34H,1H3,(H,30,31)(H,32,35). The number of hydrogen-bond donors (Lipinski definition) is 3. The number of hydrazine groups is 1. The third kappa shape index (κ3) is 4.23. The topological polar surface area (TPSA) is 108 Å². The Bertz CT molecular complexity index is 1560. The Labute approximate surface area is 235 Å². The summed E-state index contributed by atoms with van der Waals surface area (Å²) in [5.41, 5.74) is 4.32. The second-order valence-electron chi connectivity index (χ2n) is 8.04. The number of methoxy groups -OCH3 is 1. The molecule has 2 heterocycles. The van der Waals surface area contributed by atoms with E-state index in [-0.39, 0.29) is 48.5 Å². The number of halogens is 5. The highest BCUT2D eigenvalue weighted by atomic mass is 35.5. The lowest BCUT2D eigenvalue weighted by Gasteiger charge is -2.44. The van der Waals surface area contributed by atoms with Crippen LogP contribution < -0.4 is 10.2 Å². The number of carbonyl (C=O) groups is 2. The van der Waals surface area contributed by atoms with Gasteiger partial charge in [0.2, 0.25) is 0 Å². The van der Waals surface area contributed by atoms with Gasteiger partial charge in [-0.3, -0.25) is 15.0 Å². The lowest BCUT2D eigenvalue weighted by molar-refractivity contribution is -0.149. The van der Waals surface area contributed by atoms with E-state index in [1.165, 1.54) is 19.2 Å². The fourth-order valence-electron chi connectivity index (χ4n) is 4.08. The molecule has 0 spiro atoms. The van der Waals surface area contributed by atoms with E-state index in [9.17, 15) is 14.7 Å². The molecule has 1 fully saturated rings. The number of fused-ring (bicyclic) bond motifs is 1. The summed E-state index contributed by atoms with van der Waals surface area (Å²) in [6.45, 7) is 0. The lowest BCUT2D eigenvalue weighted by Crippen LogP contribution is -2.63. The molecule has 0 radical (unpaired) electrons. The van der Waals surface area contributed by atoms with Gasteiger partial charge in [-0.1, -0.05) is 64.6 Å². The van der Waals surface area contributed by atoms with Crippen molar-refractivity contribution in [3.63, 3.8) is 0 Å². The summed E-state index contributed by atoms with van der Waals surface area (Å²) in [4.78, 5) is 33.9. The van der Waals surface area contributed by atoms with E-state index in [0.717, 1.165) is 5.01 Å². The number of phenols is 1. The summed E-state index contributed by atoms with van der Waals surface area (Å²) in [6, 6.07) is 10.9. The Morgan fingerprint density at radius 1 is 1.08 bits per heavy atom. The molecule has 13 heteroatoms. The van der Waals surface area contributed by atoms with Crippen LogP contribution in [0.4, 0.5) is 0 Å². The predicted octanol–water partition coefficient (Wildman–Crippen LogP) is 6.39. The fourth-order valence-corrected chi connectivity index (χ4v) is 5.47. The molecule has 2 unspecified atom stereocenters. The van der Waals surface area contributed by atoms with Crippen molar-refractivity contribution in [1.82, 2.24) is 20.4 Å². The van der Waals surface area contributed by atoms with Gasteiger partial charge in [-0.25, -0.2) is 9.99 Å². The number of aromatic amines is 1. The SMILES string of the molecule is COc1cc(C2C(Cl)C(=O)N2NC(=O)c2c(Cl)c(Cl)c(Cl)c(Cl)c2-c2nc3ccccc3[nH]2)ccc1O. The highest BCUT2D eigenvalue weighted by molar-refractivity contribution is 6.54. The third-order valence-corrected chi connectivity index (χ3v) is 8.14. The number of carbonyl (C=O) groups excluding carboxylic acids is 2. The Morgan fingerprint density at radius 2 is 1.78 bits per heavy atom. The molecule has 3 aromatic carbocycles. The summed E-state index contributed by atoms with van der Waals surface area (Å²) < 4.78 is 5.14. The molecule has 2 atom stereocenters. The molecule has 0 saturated carbocycles.